The van der Waals surface area contributed by atoms with E-state index in [-0.39, 0.29) is 6.61 Å². The lowest BCUT2D eigenvalue weighted by Gasteiger charge is -2.27. The number of likely N-dealkylation sites (N-methyl/N-ethyl adjacent to an activating group) is 1. The van der Waals surface area contributed by atoms with Crippen LogP contribution >= 0.6 is 15.9 Å². The summed E-state index contributed by atoms with van der Waals surface area (Å²) in [5, 5.41) is 10.8. The topological polar surface area (TPSA) is 36.4 Å². The SMILES string of the molecule is CN1CCc2nc3c(Br)cccc3c(CO)c2C1. The van der Waals surface area contributed by atoms with Gasteiger partial charge in [0, 0.05) is 35.1 Å². The molecule has 2 heterocycles. The Labute approximate surface area is 115 Å². The molecule has 0 bridgehead atoms. The van der Waals surface area contributed by atoms with Crippen LogP contribution in [0.5, 0.6) is 0 Å². The standard InChI is InChI=1S/C14H15BrN2O/c1-17-6-5-13-10(7-17)11(8-18)9-3-2-4-12(15)14(9)16-13/h2-4,18H,5-8H2,1H3. The van der Waals surface area contributed by atoms with Crippen LogP contribution in [0.1, 0.15) is 16.8 Å². The van der Waals surface area contributed by atoms with Gasteiger partial charge in [-0.15, -0.1) is 0 Å². The van der Waals surface area contributed by atoms with Crippen LogP contribution in [0.25, 0.3) is 10.9 Å². The van der Waals surface area contributed by atoms with Gasteiger partial charge in [-0.2, -0.15) is 0 Å². The lowest BCUT2D eigenvalue weighted by molar-refractivity contribution is 0.271. The number of aliphatic hydroxyl groups excluding tert-OH is 1. The Bertz CT molecular complexity index is 612. The molecule has 0 radical (unpaired) electrons. The Morgan fingerprint density at radius 1 is 1.44 bits per heavy atom. The number of benzene rings is 1. The first-order valence-electron chi connectivity index (χ1n) is 6.09. The summed E-state index contributed by atoms with van der Waals surface area (Å²) in [6.45, 7) is 1.98. The van der Waals surface area contributed by atoms with Crippen LogP contribution in [0.2, 0.25) is 0 Å². The molecule has 3 rings (SSSR count). The molecular formula is C14H15BrN2O. The van der Waals surface area contributed by atoms with Gasteiger partial charge in [-0.1, -0.05) is 12.1 Å². The summed E-state index contributed by atoms with van der Waals surface area (Å²) >= 11 is 3.55. The van der Waals surface area contributed by atoms with Crippen molar-refractivity contribution in [1.82, 2.24) is 9.88 Å². The largest absolute Gasteiger partial charge is 0.392 e. The highest BCUT2D eigenvalue weighted by atomic mass is 79.9. The molecule has 4 heteroatoms. The maximum absolute atomic E-state index is 9.71. The molecule has 2 aromatic rings. The highest BCUT2D eigenvalue weighted by Crippen LogP contribution is 2.31. The van der Waals surface area contributed by atoms with E-state index in [0.29, 0.717) is 0 Å². The molecular weight excluding hydrogens is 292 g/mol. The second kappa shape index (κ2) is 4.61. The molecule has 1 N–H and O–H groups in total. The number of fused-ring (bicyclic) bond motifs is 2. The van der Waals surface area contributed by atoms with Crippen molar-refractivity contribution in [3.8, 4) is 0 Å². The summed E-state index contributed by atoms with van der Waals surface area (Å²) in [6, 6.07) is 6.03. The summed E-state index contributed by atoms with van der Waals surface area (Å²) in [6.07, 6.45) is 0.954. The first-order chi connectivity index (χ1) is 8.70. The van der Waals surface area contributed by atoms with Gasteiger partial charge in [0.05, 0.1) is 12.1 Å². The molecule has 1 aliphatic rings. The second-order valence-electron chi connectivity index (χ2n) is 4.80. The first-order valence-corrected chi connectivity index (χ1v) is 6.88. The fourth-order valence-corrected chi connectivity index (χ4v) is 3.09. The molecule has 0 atom stereocenters. The fourth-order valence-electron chi connectivity index (χ4n) is 2.63. The van der Waals surface area contributed by atoms with Gasteiger partial charge < -0.3 is 10.0 Å². The summed E-state index contributed by atoms with van der Waals surface area (Å²) in [5.74, 6) is 0. The molecule has 0 saturated carbocycles. The highest BCUT2D eigenvalue weighted by Gasteiger charge is 2.20. The zero-order valence-corrected chi connectivity index (χ0v) is 11.9. The van der Waals surface area contributed by atoms with E-state index in [1.807, 2.05) is 18.2 Å². The predicted octanol–water partition coefficient (Wildman–Crippen LogP) is 2.48. The predicted molar refractivity (Wildman–Crippen MR) is 75.4 cm³/mol. The van der Waals surface area contributed by atoms with E-state index in [1.165, 1.54) is 5.56 Å². The smallest absolute Gasteiger partial charge is 0.0851 e. The number of para-hydroxylation sites is 1. The summed E-state index contributed by atoms with van der Waals surface area (Å²) in [5.41, 5.74) is 4.33. The van der Waals surface area contributed by atoms with Gasteiger partial charge in [-0.3, -0.25) is 4.98 Å². The number of pyridine rings is 1. The molecule has 18 heavy (non-hydrogen) atoms. The molecule has 94 valence electrons. The third kappa shape index (κ3) is 1.85. The summed E-state index contributed by atoms with van der Waals surface area (Å²) in [4.78, 5) is 7.04. The molecule has 0 amide bonds. The normalized spacial score (nSPS) is 15.9. The maximum atomic E-state index is 9.71. The van der Waals surface area contributed by atoms with Crippen molar-refractivity contribution in [2.45, 2.75) is 19.6 Å². The third-order valence-corrected chi connectivity index (χ3v) is 4.23. The molecule has 3 nitrogen and oxygen atoms in total. The van der Waals surface area contributed by atoms with Crippen LogP contribution < -0.4 is 0 Å². The fraction of sp³-hybridized carbons (Fsp3) is 0.357. The average Bonchev–Trinajstić information content (AvgIpc) is 2.37. The van der Waals surface area contributed by atoms with Crippen LogP contribution in [0.4, 0.5) is 0 Å². The molecule has 0 unspecified atom stereocenters. The van der Waals surface area contributed by atoms with Crippen LogP contribution in [0, 0.1) is 0 Å². The number of hydrogen-bond donors (Lipinski definition) is 1. The Kier molecular flexibility index (Phi) is 3.09. The lowest BCUT2D eigenvalue weighted by Crippen LogP contribution is -2.28. The van der Waals surface area contributed by atoms with E-state index in [4.69, 9.17) is 4.98 Å². The summed E-state index contributed by atoms with van der Waals surface area (Å²) in [7, 11) is 2.11. The van der Waals surface area contributed by atoms with Gasteiger partial charge in [-0.05, 0) is 40.2 Å². The highest BCUT2D eigenvalue weighted by molar-refractivity contribution is 9.10. The van der Waals surface area contributed by atoms with Gasteiger partial charge >= 0.3 is 0 Å². The van der Waals surface area contributed by atoms with Crippen molar-refractivity contribution in [3.63, 3.8) is 0 Å². The van der Waals surface area contributed by atoms with Gasteiger partial charge in [0.25, 0.3) is 0 Å². The first kappa shape index (κ1) is 12.1. The van der Waals surface area contributed by atoms with Crippen LogP contribution in [-0.2, 0) is 19.6 Å². The van der Waals surface area contributed by atoms with E-state index < -0.39 is 0 Å². The molecule has 0 aliphatic carbocycles. The maximum Gasteiger partial charge on any atom is 0.0851 e. The number of hydrogen-bond acceptors (Lipinski definition) is 3. The Morgan fingerprint density at radius 3 is 3.06 bits per heavy atom. The number of aliphatic hydroxyl groups is 1. The van der Waals surface area contributed by atoms with E-state index in [9.17, 15) is 5.11 Å². The lowest BCUT2D eigenvalue weighted by atomic mass is 9.96. The zero-order valence-electron chi connectivity index (χ0n) is 10.3. The number of nitrogens with zero attached hydrogens (tertiary/aromatic N) is 2. The van der Waals surface area contributed by atoms with E-state index in [1.54, 1.807) is 0 Å². The van der Waals surface area contributed by atoms with E-state index in [0.717, 1.165) is 46.1 Å². The molecule has 1 aromatic heterocycles. The van der Waals surface area contributed by atoms with E-state index in [2.05, 4.69) is 27.9 Å². The van der Waals surface area contributed by atoms with Crippen molar-refractivity contribution < 1.29 is 5.11 Å². The van der Waals surface area contributed by atoms with Crippen molar-refractivity contribution in [1.29, 1.82) is 0 Å². The molecule has 0 spiro atoms. The van der Waals surface area contributed by atoms with Crippen molar-refractivity contribution >= 4 is 26.8 Å². The molecule has 1 aliphatic heterocycles. The minimum absolute atomic E-state index is 0.0750. The summed E-state index contributed by atoms with van der Waals surface area (Å²) < 4.78 is 0.997. The van der Waals surface area contributed by atoms with Gasteiger partial charge in [0.1, 0.15) is 0 Å². The third-order valence-electron chi connectivity index (χ3n) is 3.59. The zero-order chi connectivity index (χ0) is 12.7. The van der Waals surface area contributed by atoms with Crippen LogP contribution in [-0.4, -0.2) is 28.6 Å². The van der Waals surface area contributed by atoms with E-state index >= 15 is 0 Å². The Morgan fingerprint density at radius 2 is 2.28 bits per heavy atom. The van der Waals surface area contributed by atoms with Gasteiger partial charge in [0.2, 0.25) is 0 Å². The average molecular weight is 307 g/mol. The Balaban J connectivity index is 2.34. The number of halogens is 1. The molecule has 0 saturated heterocycles. The number of rotatable bonds is 1. The number of aromatic nitrogens is 1. The van der Waals surface area contributed by atoms with Gasteiger partial charge in [-0.25, -0.2) is 0 Å². The van der Waals surface area contributed by atoms with Gasteiger partial charge in [0.15, 0.2) is 0 Å². The van der Waals surface area contributed by atoms with Crippen molar-refractivity contribution in [2.24, 2.45) is 0 Å². The Hall–Kier alpha value is -0.970. The molecule has 1 aromatic carbocycles. The minimum Gasteiger partial charge on any atom is -0.392 e. The van der Waals surface area contributed by atoms with Crippen LogP contribution in [0.15, 0.2) is 22.7 Å². The minimum atomic E-state index is 0.0750. The molecule has 0 fully saturated rings. The second-order valence-corrected chi connectivity index (χ2v) is 5.65. The van der Waals surface area contributed by atoms with Crippen molar-refractivity contribution in [2.75, 3.05) is 13.6 Å². The monoisotopic (exact) mass is 306 g/mol. The van der Waals surface area contributed by atoms with Crippen molar-refractivity contribution in [3.05, 3.63) is 39.5 Å². The van der Waals surface area contributed by atoms with Crippen LogP contribution in [0.3, 0.4) is 0 Å². The quantitative estimate of drug-likeness (QED) is 0.879.